The zero-order chi connectivity index (χ0) is 21.7. The summed E-state index contributed by atoms with van der Waals surface area (Å²) in [7, 11) is 0. The molecule has 0 radical (unpaired) electrons. The van der Waals surface area contributed by atoms with Crippen LogP contribution in [0.25, 0.3) is 0 Å². The van der Waals surface area contributed by atoms with Gasteiger partial charge in [0.15, 0.2) is 5.11 Å². The minimum Gasteiger partial charge on any atom is -0.339 e. The average molecular weight is 425 g/mol. The Morgan fingerprint density at radius 2 is 2.07 bits per heavy atom. The van der Waals surface area contributed by atoms with Crippen molar-refractivity contribution in [1.29, 1.82) is 0 Å². The molecule has 3 atom stereocenters. The molecule has 0 unspecified atom stereocenters. The first-order valence-electron chi connectivity index (χ1n) is 11.5. The predicted octanol–water partition coefficient (Wildman–Crippen LogP) is 5.44. The van der Waals surface area contributed by atoms with Gasteiger partial charge in [0, 0.05) is 13.1 Å². The number of nitrogens with zero attached hydrogens (tertiary/aromatic N) is 2. The van der Waals surface area contributed by atoms with E-state index in [1.165, 1.54) is 31.2 Å². The number of fused-ring (bicyclic) bond motifs is 3. The lowest BCUT2D eigenvalue weighted by molar-refractivity contribution is -0.124. The van der Waals surface area contributed by atoms with Crippen LogP contribution in [-0.2, 0) is 16.6 Å². The molecular weight excluding hydrogens is 388 g/mol. The Morgan fingerprint density at radius 1 is 1.30 bits per heavy atom. The zero-order valence-electron chi connectivity index (χ0n) is 19.0. The van der Waals surface area contributed by atoms with Crippen LogP contribution >= 0.6 is 12.2 Å². The number of hydrogen-bond acceptors (Lipinski definition) is 2. The molecule has 4 rings (SSSR count). The molecule has 0 aromatic heterocycles. The maximum absolute atomic E-state index is 12.5. The SMILES string of the molecule is C=CCN1C(=O)CN(C[C@]2(C)CCC[C@]3(C)c4ccc(C(C)C)cc4CC[C@@H]23)C1=S. The van der Waals surface area contributed by atoms with E-state index in [9.17, 15) is 4.79 Å². The van der Waals surface area contributed by atoms with Crippen LogP contribution in [0.3, 0.4) is 0 Å². The molecule has 30 heavy (non-hydrogen) atoms. The fraction of sp³-hybridized carbons (Fsp3) is 0.615. The number of amides is 1. The number of thiocarbonyl (C=S) groups is 1. The molecule has 2 aliphatic carbocycles. The molecule has 0 bridgehead atoms. The van der Waals surface area contributed by atoms with Crippen molar-refractivity contribution in [2.45, 2.75) is 71.1 Å². The fourth-order valence-corrected chi connectivity index (χ4v) is 6.96. The van der Waals surface area contributed by atoms with E-state index in [1.807, 2.05) is 0 Å². The van der Waals surface area contributed by atoms with E-state index < -0.39 is 0 Å². The van der Waals surface area contributed by atoms with Crippen molar-refractivity contribution in [3.8, 4) is 0 Å². The smallest absolute Gasteiger partial charge is 0.248 e. The van der Waals surface area contributed by atoms with Crippen LogP contribution in [0.4, 0.5) is 0 Å². The van der Waals surface area contributed by atoms with Gasteiger partial charge in [-0.1, -0.05) is 58.4 Å². The molecule has 1 aliphatic heterocycles. The lowest BCUT2D eigenvalue weighted by Gasteiger charge is -2.56. The van der Waals surface area contributed by atoms with Gasteiger partial charge in [-0.15, -0.1) is 6.58 Å². The Labute approximate surface area is 187 Å². The highest BCUT2D eigenvalue weighted by Crippen LogP contribution is 2.57. The van der Waals surface area contributed by atoms with Crippen LogP contribution in [0.5, 0.6) is 0 Å². The van der Waals surface area contributed by atoms with Crippen molar-refractivity contribution in [3.63, 3.8) is 0 Å². The minimum absolute atomic E-state index is 0.109. The van der Waals surface area contributed by atoms with Crippen LogP contribution in [0.15, 0.2) is 30.9 Å². The van der Waals surface area contributed by atoms with E-state index in [0.717, 1.165) is 13.0 Å². The quantitative estimate of drug-likeness (QED) is 0.465. The third kappa shape index (κ3) is 3.41. The minimum atomic E-state index is 0.109. The van der Waals surface area contributed by atoms with Crippen molar-refractivity contribution in [2.24, 2.45) is 11.3 Å². The van der Waals surface area contributed by atoms with Gasteiger partial charge in [0.2, 0.25) is 5.91 Å². The van der Waals surface area contributed by atoms with Gasteiger partial charge in [0.1, 0.15) is 0 Å². The van der Waals surface area contributed by atoms with E-state index in [4.69, 9.17) is 12.2 Å². The second-order valence-electron chi connectivity index (χ2n) is 10.5. The molecule has 3 aliphatic rings. The third-order valence-electron chi connectivity index (χ3n) is 8.16. The summed E-state index contributed by atoms with van der Waals surface area (Å²) in [5, 5.41) is 0.686. The molecule has 0 spiro atoms. The summed E-state index contributed by atoms with van der Waals surface area (Å²) in [6, 6.07) is 7.25. The number of hydrogen-bond donors (Lipinski definition) is 0. The van der Waals surface area contributed by atoms with E-state index in [1.54, 1.807) is 22.1 Å². The molecule has 0 N–H and O–H groups in total. The van der Waals surface area contributed by atoms with Crippen molar-refractivity contribution in [1.82, 2.24) is 9.80 Å². The summed E-state index contributed by atoms with van der Waals surface area (Å²) in [5.74, 6) is 1.30. The molecule has 162 valence electrons. The summed E-state index contributed by atoms with van der Waals surface area (Å²) in [6.45, 7) is 15.1. The van der Waals surface area contributed by atoms with Gasteiger partial charge in [-0.25, -0.2) is 0 Å². The zero-order valence-corrected chi connectivity index (χ0v) is 19.9. The van der Waals surface area contributed by atoms with Crippen LogP contribution in [0, 0.1) is 11.3 Å². The monoisotopic (exact) mass is 424 g/mol. The molecule has 2 fully saturated rings. The van der Waals surface area contributed by atoms with E-state index >= 15 is 0 Å². The van der Waals surface area contributed by atoms with Gasteiger partial charge in [-0.3, -0.25) is 9.69 Å². The molecule has 1 saturated carbocycles. The summed E-state index contributed by atoms with van der Waals surface area (Å²) < 4.78 is 0. The highest BCUT2D eigenvalue weighted by atomic mass is 32.1. The number of rotatable bonds is 5. The Balaban J connectivity index is 1.62. The third-order valence-corrected chi connectivity index (χ3v) is 8.64. The van der Waals surface area contributed by atoms with E-state index in [-0.39, 0.29) is 16.7 Å². The maximum atomic E-state index is 12.5. The molecule has 1 saturated heterocycles. The Morgan fingerprint density at radius 3 is 2.77 bits per heavy atom. The molecule has 3 nitrogen and oxygen atoms in total. The van der Waals surface area contributed by atoms with Crippen molar-refractivity contribution in [3.05, 3.63) is 47.5 Å². The largest absolute Gasteiger partial charge is 0.339 e. The van der Waals surface area contributed by atoms with Crippen LogP contribution in [0.2, 0.25) is 0 Å². The Hall–Kier alpha value is -1.68. The first kappa shape index (κ1) is 21.5. The van der Waals surface area contributed by atoms with Crippen LogP contribution in [-0.4, -0.2) is 40.5 Å². The second-order valence-corrected chi connectivity index (χ2v) is 10.9. The predicted molar refractivity (Wildman–Crippen MR) is 128 cm³/mol. The first-order chi connectivity index (χ1) is 14.2. The average Bonchev–Trinajstić information content (AvgIpc) is 2.94. The van der Waals surface area contributed by atoms with Gasteiger partial charge < -0.3 is 4.90 Å². The second kappa shape index (κ2) is 7.78. The lowest BCUT2D eigenvalue weighted by Crippen LogP contribution is -2.53. The van der Waals surface area contributed by atoms with Crippen molar-refractivity contribution >= 4 is 23.2 Å². The van der Waals surface area contributed by atoms with Crippen molar-refractivity contribution < 1.29 is 4.79 Å². The number of benzene rings is 1. The summed E-state index contributed by atoms with van der Waals surface area (Å²) in [5.41, 5.74) is 4.96. The first-order valence-corrected chi connectivity index (χ1v) is 11.9. The van der Waals surface area contributed by atoms with Gasteiger partial charge in [0.05, 0.1) is 6.54 Å². The number of carbonyl (C=O) groups excluding carboxylic acids is 1. The van der Waals surface area contributed by atoms with Crippen LogP contribution < -0.4 is 0 Å². The van der Waals surface area contributed by atoms with E-state index in [0.29, 0.717) is 30.0 Å². The standard InChI is InChI=1S/C26H36N2OS/c1-6-14-28-23(29)16-27(24(28)30)17-25(4)12-7-13-26(5)21-10-8-19(18(2)3)15-20(21)9-11-22(25)26/h6,8,10,15,18,22H,1,7,9,11-14,16-17H2,2-5H3/t22-,25-,26+/m0/s1. The topological polar surface area (TPSA) is 23.6 Å². The van der Waals surface area contributed by atoms with Crippen molar-refractivity contribution in [2.75, 3.05) is 19.6 Å². The van der Waals surface area contributed by atoms with Gasteiger partial charge >= 0.3 is 0 Å². The molecule has 1 heterocycles. The Bertz CT molecular complexity index is 878. The molecule has 1 amide bonds. The lowest BCUT2D eigenvalue weighted by atomic mass is 9.49. The Kier molecular flexibility index (Phi) is 5.59. The maximum Gasteiger partial charge on any atom is 0.248 e. The highest BCUT2D eigenvalue weighted by Gasteiger charge is 2.53. The normalized spacial score (nSPS) is 31.2. The number of carbonyl (C=O) groups is 1. The summed E-state index contributed by atoms with van der Waals surface area (Å²) in [4.78, 5) is 16.3. The van der Waals surface area contributed by atoms with Gasteiger partial charge in [-0.05, 0) is 77.3 Å². The van der Waals surface area contributed by atoms with Gasteiger partial charge in [-0.2, -0.15) is 0 Å². The van der Waals surface area contributed by atoms with Gasteiger partial charge in [0.25, 0.3) is 0 Å². The highest BCUT2D eigenvalue weighted by molar-refractivity contribution is 7.80. The van der Waals surface area contributed by atoms with E-state index in [2.05, 4.69) is 57.4 Å². The molecular formula is C26H36N2OS. The molecule has 4 heteroatoms. The van der Waals surface area contributed by atoms with Crippen LogP contribution in [0.1, 0.15) is 76.0 Å². The molecule has 1 aromatic rings. The summed E-state index contributed by atoms with van der Waals surface area (Å²) >= 11 is 5.68. The number of aryl methyl sites for hydroxylation is 1. The fourth-order valence-electron chi connectivity index (χ4n) is 6.65. The molecule has 1 aromatic carbocycles. The summed E-state index contributed by atoms with van der Waals surface area (Å²) in [6.07, 6.45) is 7.86.